The van der Waals surface area contributed by atoms with Crippen molar-refractivity contribution in [2.75, 3.05) is 0 Å². The van der Waals surface area contributed by atoms with Crippen LogP contribution in [-0.2, 0) is 6.42 Å². The van der Waals surface area contributed by atoms with Gasteiger partial charge in [0.2, 0.25) is 0 Å². The molecule has 0 saturated heterocycles. The second-order valence-corrected chi connectivity index (χ2v) is 2.40. The lowest BCUT2D eigenvalue weighted by Gasteiger charge is -1.87. The van der Waals surface area contributed by atoms with Crippen LogP contribution in [0.1, 0.15) is 5.56 Å². The Kier molecular flexibility index (Phi) is 1.49. The summed E-state index contributed by atoms with van der Waals surface area (Å²) in [5, 5.41) is 8.49. The molecule has 0 amide bonds. The number of nitrogens with zero attached hydrogens (tertiary/aromatic N) is 3. The molecule has 0 atom stereocenters. The van der Waals surface area contributed by atoms with Gasteiger partial charge in [-0.1, -0.05) is 0 Å². The van der Waals surface area contributed by atoms with Crippen molar-refractivity contribution < 1.29 is 0 Å². The molecule has 0 radical (unpaired) electrons. The van der Waals surface area contributed by atoms with Gasteiger partial charge in [-0.25, -0.2) is 4.98 Å². The van der Waals surface area contributed by atoms with Crippen LogP contribution in [0, 0.1) is 11.3 Å². The number of aromatic amines is 1. The van der Waals surface area contributed by atoms with E-state index in [4.69, 9.17) is 5.26 Å². The van der Waals surface area contributed by atoms with Gasteiger partial charge in [-0.05, 0) is 0 Å². The minimum absolute atomic E-state index is 0.374. The lowest BCUT2D eigenvalue weighted by molar-refractivity contribution is 1.25. The second kappa shape index (κ2) is 2.62. The normalized spacial score (nSPS) is 9.92. The van der Waals surface area contributed by atoms with Gasteiger partial charge in [0.15, 0.2) is 5.65 Å². The van der Waals surface area contributed by atoms with Crippen LogP contribution in [0.25, 0.3) is 11.2 Å². The Balaban J connectivity index is 2.64. The third-order valence-electron chi connectivity index (χ3n) is 1.66. The molecule has 4 nitrogen and oxygen atoms in total. The van der Waals surface area contributed by atoms with Gasteiger partial charge in [-0.3, -0.25) is 4.98 Å². The maximum absolute atomic E-state index is 8.49. The highest BCUT2D eigenvalue weighted by Crippen LogP contribution is 2.12. The van der Waals surface area contributed by atoms with E-state index >= 15 is 0 Å². The summed E-state index contributed by atoms with van der Waals surface area (Å²) in [4.78, 5) is 11.1. The number of hydrogen-bond acceptors (Lipinski definition) is 3. The van der Waals surface area contributed by atoms with Gasteiger partial charge in [-0.15, -0.1) is 0 Å². The van der Waals surface area contributed by atoms with E-state index in [1.165, 1.54) is 0 Å². The maximum atomic E-state index is 8.49. The van der Waals surface area contributed by atoms with Crippen molar-refractivity contribution in [3.05, 3.63) is 24.2 Å². The Hall–Kier alpha value is -1.89. The zero-order chi connectivity index (χ0) is 8.39. The predicted molar refractivity (Wildman–Crippen MR) is 43.2 cm³/mol. The summed E-state index contributed by atoms with van der Waals surface area (Å²) >= 11 is 0. The standard InChI is InChI=1S/C8H6N4/c9-2-1-6-5-12-8-7(6)10-3-4-11-8/h3-5H,1H2,(H,11,12). The van der Waals surface area contributed by atoms with Crippen LogP contribution in [-0.4, -0.2) is 15.0 Å². The van der Waals surface area contributed by atoms with Crippen LogP contribution in [0.5, 0.6) is 0 Å². The minimum atomic E-state index is 0.374. The van der Waals surface area contributed by atoms with Crippen molar-refractivity contribution in [1.82, 2.24) is 15.0 Å². The molecule has 0 spiro atoms. The molecule has 2 rings (SSSR count). The quantitative estimate of drug-likeness (QED) is 0.673. The summed E-state index contributed by atoms with van der Waals surface area (Å²) in [7, 11) is 0. The molecule has 2 heterocycles. The fourth-order valence-electron chi connectivity index (χ4n) is 1.12. The van der Waals surface area contributed by atoms with Gasteiger partial charge < -0.3 is 4.98 Å². The maximum Gasteiger partial charge on any atom is 0.156 e. The first-order valence-electron chi connectivity index (χ1n) is 3.56. The second-order valence-electron chi connectivity index (χ2n) is 2.40. The van der Waals surface area contributed by atoms with E-state index in [2.05, 4.69) is 21.0 Å². The average molecular weight is 158 g/mol. The monoisotopic (exact) mass is 158 g/mol. The molecule has 58 valence electrons. The molecule has 12 heavy (non-hydrogen) atoms. The molecule has 0 aliphatic rings. The van der Waals surface area contributed by atoms with Crippen molar-refractivity contribution >= 4 is 11.2 Å². The molecular formula is C8H6N4. The topological polar surface area (TPSA) is 65.4 Å². The summed E-state index contributed by atoms with van der Waals surface area (Å²) in [6, 6.07) is 2.07. The summed E-state index contributed by atoms with van der Waals surface area (Å²) in [5.41, 5.74) is 2.43. The summed E-state index contributed by atoms with van der Waals surface area (Å²) in [6.07, 6.45) is 5.39. The molecule has 2 aromatic heterocycles. The van der Waals surface area contributed by atoms with E-state index in [0.29, 0.717) is 6.42 Å². The van der Waals surface area contributed by atoms with E-state index in [-0.39, 0.29) is 0 Å². The lowest BCUT2D eigenvalue weighted by atomic mass is 10.2. The van der Waals surface area contributed by atoms with Gasteiger partial charge in [0.25, 0.3) is 0 Å². The molecule has 0 saturated carbocycles. The van der Waals surface area contributed by atoms with Crippen molar-refractivity contribution in [2.24, 2.45) is 0 Å². The van der Waals surface area contributed by atoms with Crippen LogP contribution in [0.15, 0.2) is 18.6 Å². The first-order valence-corrected chi connectivity index (χ1v) is 3.56. The van der Waals surface area contributed by atoms with Crippen molar-refractivity contribution in [2.45, 2.75) is 6.42 Å². The van der Waals surface area contributed by atoms with Gasteiger partial charge in [-0.2, -0.15) is 5.26 Å². The number of nitrogens with one attached hydrogen (secondary N) is 1. The zero-order valence-corrected chi connectivity index (χ0v) is 6.28. The van der Waals surface area contributed by atoms with E-state index in [1.807, 2.05) is 0 Å². The molecular weight excluding hydrogens is 152 g/mol. The Labute approximate surface area is 68.9 Å². The van der Waals surface area contributed by atoms with Gasteiger partial charge in [0, 0.05) is 24.2 Å². The van der Waals surface area contributed by atoms with Crippen LogP contribution in [0.3, 0.4) is 0 Å². The highest BCUT2D eigenvalue weighted by molar-refractivity contribution is 5.74. The molecule has 0 unspecified atom stereocenters. The average Bonchev–Trinajstić information content (AvgIpc) is 2.50. The zero-order valence-electron chi connectivity index (χ0n) is 6.28. The van der Waals surface area contributed by atoms with Gasteiger partial charge >= 0.3 is 0 Å². The number of hydrogen-bond donors (Lipinski definition) is 1. The van der Waals surface area contributed by atoms with Crippen molar-refractivity contribution in [3.63, 3.8) is 0 Å². The third-order valence-corrected chi connectivity index (χ3v) is 1.66. The molecule has 0 bridgehead atoms. The summed E-state index contributed by atoms with van der Waals surface area (Å²) in [6.45, 7) is 0. The highest BCUT2D eigenvalue weighted by atomic mass is 14.9. The van der Waals surface area contributed by atoms with Crippen LogP contribution in [0.2, 0.25) is 0 Å². The Morgan fingerprint density at radius 3 is 3.08 bits per heavy atom. The number of nitriles is 1. The smallest absolute Gasteiger partial charge is 0.156 e. The Bertz CT molecular complexity index is 437. The minimum Gasteiger partial charge on any atom is -0.344 e. The van der Waals surface area contributed by atoms with Gasteiger partial charge in [0.1, 0.15) is 5.52 Å². The summed E-state index contributed by atoms with van der Waals surface area (Å²) < 4.78 is 0. The fourth-order valence-corrected chi connectivity index (χ4v) is 1.12. The van der Waals surface area contributed by atoms with Crippen molar-refractivity contribution in [1.29, 1.82) is 5.26 Å². The third kappa shape index (κ3) is 0.920. The molecule has 0 aliphatic carbocycles. The first kappa shape index (κ1) is 6.80. The van der Waals surface area contributed by atoms with Crippen LogP contribution >= 0.6 is 0 Å². The van der Waals surface area contributed by atoms with E-state index in [9.17, 15) is 0 Å². The van der Waals surface area contributed by atoms with Gasteiger partial charge in [0.05, 0.1) is 12.5 Å². The molecule has 1 N–H and O–H groups in total. The van der Waals surface area contributed by atoms with Crippen LogP contribution in [0.4, 0.5) is 0 Å². The molecule has 0 fully saturated rings. The fraction of sp³-hybridized carbons (Fsp3) is 0.125. The predicted octanol–water partition coefficient (Wildman–Crippen LogP) is 1.02. The molecule has 0 aromatic carbocycles. The number of aromatic nitrogens is 3. The number of H-pyrrole nitrogens is 1. The SMILES string of the molecule is N#CCc1c[nH]c2nccnc12. The molecule has 4 heteroatoms. The highest BCUT2D eigenvalue weighted by Gasteiger charge is 2.03. The lowest BCUT2D eigenvalue weighted by Crippen LogP contribution is -1.82. The number of rotatable bonds is 1. The van der Waals surface area contributed by atoms with E-state index in [1.54, 1.807) is 18.6 Å². The Morgan fingerprint density at radius 1 is 1.42 bits per heavy atom. The molecule has 0 aliphatic heterocycles. The van der Waals surface area contributed by atoms with E-state index < -0.39 is 0 Å². The van der Waals surface area contributed by atoms with Crippen LogP contribution < -0.4 is 0 Å². The largest absolute Gasteiger partial charge is 0.344 e. The summed E-state index contributed by atoms with van der Waals surface area (Å²) in [5.74, 6) is 0. The first-order chi connectivity index (χ1) is 5.92. The van der Waals surface area contributed by atoms with Crippen molar-refractivity contribution in [3.8, 4) is 6.07 Å². The molecule has 2 aromatic rings. The number of fused-ring (bicyclic) bond motifs is 1. The Morgan fingerprint density at radius 2 is 2.25 bits per heavy atom. The van der Waals surface area contributed by atoms with E-state index in [0.717, 1.165) is 16.7 Å².